The van der Waals surface area contributed by atoms with Crippen molar-refractivity contribution in [2.75, 3.05) is 5.32 Å². The fraction of sp³-hybridized carbons (Fsp3) is 0.333. The number of hydrogen-bond acceptors (Lipinski definition) is 4. The normalized spacial score (nSPS) is 10.4. The summed E-state index contributed by atoms with van der Waals surface area (Å²) in [5.74, 6) is 0.929. The van der Waals surface area contributed by atoms with Gasteiger partial charge in [-0.05, 0) is 0 Å². The number of carbonyl (C=O) groups excluding carboxylic acids is 1. The van der Waals surface area contributed by atoms with Crippen LogP contribution >= 0.6 is 0 Å². The Balaban J connectivity index is 2.08. The Kier molecular flexibility index (Phi) is 2.67. The van der Waals surface area contributed by atoms with Gasteiger partial charge in [0.15, 0.2) is 5.82 Å². The first-order valence-corrected chi connectivity index (χ1v) is 4.91. The molecule has 0 aliphatic carbocycles. The minimum absolute atomic E-state index is 0.127. The summed E-state index contributed by atoms with van der Waals surface area (Å²) in [6.07, 6.45) is 2.45. The van der Waals surface area contributed by atoms with Crippen LogP contribution in [0.15, 0.2) is 12.3 Å². The summed E-state index contributed by atoms with van der Waals surface area (Å²) in [5.41, 5.74) is 0. The summed E-state index contributed by atoms with van der Waals surface area (Å²) >= 11 is 0. The first kappa shape index (κ1) is 10.3. The van der Waals surface area contributed by atoms with E-state index in [1.54, 1.807) is 24.0 Å². The standard InChI is InChI=1S/C9H12N6O/c1-3-6-10-8(13-12-6)9(16)11-7-4-5-15(2)14-7/h4-5H,3H2,1-2H3,(H,10,12,13)(H,11,14,16). The van der Waals surface area contributed by atoms with Crippen LogP contribution in [0.2, 0.25) is 0 Å². The minimum atomic E-state index is -0.366. The van der Waals surface area contributed by atoms with Crippen LogP contribution in [0, 0.1) is 0 Å². The highest BCUT2D eigenvalue weighted by atomic mass is 16.2. The first-order chi connectivity index (χ1) is 7.69. The molecule has 0 spiro atoms. The van der Waals surface area contributed by atoms with Crippen LogP contribution in [0.3, 0.4) is 0 Å². The lowest BCUT2D eigenvalue weighted by molar-refractivity contribution is 0.101. The Labute approximate surface area is 91.9 Å². The van der Waals surface area contributed by atoms with Crippen LogP contribution in [0.1, 0.15) is 23.4 Å². The average Bonchev–Trinajstić information content (AvgIpc) is 2.87. The van der Waals surface area contributed by atoms with Gasteiger partial charge in [-0.15, -0.1) is 5.10 Å². The maximum atomic E-state index is 11.6. The predicted molar refractivity (Wildman–Crippen MR) is 56.9 cm³/mol. The zero-order chi connectivity index (χ0) is 11.5. The maximum Gasteiger partial charge on any atom is 0.296 e. The van der Waals surface area contributed by atoms with Crippen LogP contribution in [-0.2, 0) is 13.5 Å². The second kappa shape index (κ2) is 4.13. The number of H-pyrrole nitrogens is 1. The van der Waals surface area contributed by atoms with Crippen LogP contribution in [0.25, 0.3) is 0 Å². The Morgan fingerprint density at radius 1 is 1.62 bits per heavy atom. The lowest BCUT2D eigenvalue weighted by atomic mass is 10.4. The van der Waals surface area contributed by atoms with Crippen LogP contribution in [0.4, 0.5) is 5.82 Å². The van der Waals surface area contributed by atoms with E-state index < -0.39 is 0 Å². The van der Waals surface area contributed by atoms with E-state index in [-0.39, 0.29) is 11.7 Å². The number of carbonyl (C=O) groups is 1. The number of aromatic nitrogens is 5. The molecule has 0 aliphatic rings. The molecule has 0 atom stereocenters. The van der Waals surface area contributed by atoms with Gasteiger partial charge in [0.1, 0.15) is 5.82 Å². The second-order valence-corrected chi connectivity index (χ2v) is 3.29. The van der Waals surface area contributed by atoms with Gasteiger partial charge in [0.25, 0.3) is 5.91 Å². The van der Waals surface area contributed by atoms with Crippen molar-refractivity contribution in [1.29, 1.82) is 0 Å². The smallest absolute Gasteiger partial charge is 0.296 e. The second-order valence-electron chi connectivity index (χ2n) is 3.29. The van der Waals surface area contributed by atoms with Gasteiger partial charge in [-0.1, -0.05) is 6.92 Å². The molecular formula is C9H12N6O. The summed E-state index contributed by atoms with van der Waals surface area (Å²) in [6, 6.07) is 1.70. The number of aryl methyl sites for hydroxylation is 2. The third-order valence-corrected chi connectivity index (χ3v) is 2.02. The van der Waals surface area contributed by atoms with E-state index in [1.165, 1.54) is 0 Å². The highest BCUT2D eigenvalue weighted by molar-refractivity contribution is 6.00. The van der Waals surface area contributed by atoms with E-state index in [0.29, 0.717) is 18.1 Å². The van der Waals surface area contributed by atoms with Crippen molar-refractivity contribution in [2.24, 2.45) is 7.05 Å². The average molecular weight is 220 g/mol. The molecule has 0 unspecified atom stereocenters. The summed E-state index contributed by atoms with van der Waals surface area (Å²) in [7, 11) is 1.78. The molecule has 0 bridgehead atoms. The van der Waals surface area contributed by atoms with Crippen LogP contribution in [0.5, 0.6) is 0 Å². The van der Waals surface area contributed by atoms with Crippen molar-refractivity contribution in [3.05, 3.63) is 23.9 Å². The lowest BCUT2D eigenvalue weighted by Gasteiger charge is -1.96. The number of amides is 1. The SMILES string of the molecule is CCc1nc(C(=O)Nc2ccn(C)n2)n[nH]1. The number of nitrogens with one attached hydrogen (secondary N) is 2. The highest BCUT2D eigenvalue weighted by Gasteiger charge is 2.12. The number of anilines is 1. The number of nitrogens with zero attached hydrogens (tertiary/aromatic N) is 4. The summed E-state index contributed by atoms with van der Waals surface area (Å²) in [6.45, 7) is 1.93. The Bertz CT molecular complexity index is 500. The van der Waals surface area contributed by atoms with Gasteiger partial charge in [0.05, 0.1) is 0 Å². The topological polar surface area (TPSA) is 88.5 Å². The molecule has 0 aromatic carbocycles. The van der Waals surface area contributed by atoms with E-state index in [2.05, 4.69) is 25.6 Å². The summed E-state index contributed by atoms with van der Waals surface area (Å²) in [4.78, 5) is 15.7. The van der Waals surface area contributed by atoms with E-state index in [9.17, 15) is 4.79 Å². The zero-order valence-electron chi connectivity index (χ0n) is 9.06. The molecular weight excluding hydrogens is 208 g/mol. The van der Waals surface area contributed by atoms with Crippen molar-refractivity contribution >= 4 is 11.7 Å². The monoisotopic (exact) mass is 220 g/mol. The van der Waals surface area contributed by atoms with E-state index in [0.717, 1.165) is 0 Å². The van der Waals surface area contributed by atoms with Gasteiger partial charge >= 0.3 is 0 Å². The number of rotatable bonds is 3. The quantitative estimate of drug-likeness (QED) is 0.781. The van der Waals surface area contributed by atoms with E-state index in [4.69, 9.17) is 0 Å². The summed E-state index contributed by atoms with van der Waals surface area (Å²) < 4.78 is 1.60. The molecule has 7 nitrogen and oxygen atoms in total. The molecule has 0 saturated heterocycles. The molecule has 2 aromatic rings. The van der Waals surface area contributed by atoms with Gasteiger partial charge in [-0.3, -0.25) is 14.6 Å². The third-order valence-electron chi connectivity index (χ3n) is 2.02. The van der Waals surface area contributed by atoms with Gasteiger partial charge in [0.2, 0.25) is 5.82 Å². The molecule has 16 heavy (non-hydrogen) atoms. The molecule has 84 valence electrons. The maximum absolute atomic E-state index is 11.6. The zero-order valence-corrected chi connectivity index (χ0v) is 9.06. The molecule has 2 aromatic heterocycles. The summed E-state index contributed by atoms with van der Waals surface area (Å²) in [5, 5.41) is 13.1. The van der Waals surface area contributed by atoms with Crippen LogP contribution < -0.4 is 5.32 Å². The van der Waals surface area contributed by atoms with Crippen molar-refractivity contribution in [2.45, 2.75) is 13.3 Å². The van der Waals surface area contributed by atoms with Gasteiger partial charge < -0.3 is 5.32 Å². The Hall–Kier alpha value is -2.18. The molecule has 2 rings (SSSR count). The van der Waals surface area contributed by atoms with Crippen molar-refractivity contribution < 1.29 is 4.79 Å². The van der Waals surface area contributed by atoms with Crippen molar-refractivity contribution in [3.8, 4) is 0 Å². The largest absolute Gasteiger partial charge is 0.302 e. The fourth-order valence-corrected chi connectivity index (χ4v) is 1.21. The van der Waals surface area contributed by atoms with Crippen molar-refractivity contribution in [3.63, 3.8) is 0 Å². The van der Waals surface area contributed by atoms with Gasteiger partial charge in [-0.2, -0.15) is 5.10 Å². The predicted octanol–water partition coefficient (Wildman–Crippen LogP) is 0.353. The van der Waals surface area contributed by atoms with Gasteiger partial charge in [0, 0.05) is 25.7 Å². The fourth-order valence-electron chi connectivity index (χ4n) is 1.21. The molecule has 2 heterocycles. The lowest BCUT2D eigenvalue weighted by Crippen LogP contribution is -2.14. The van der Waals surface area contributed by atoms with Crippen molar-refractivity contribution in [1.82, 2.24) is 25.0 Å². The Morgan fingerprint density at radius 3 is 3.00 bits per heavy atom. The third kappa shape index (κ3) is 2.08. The Morgan fingerprint density at radius 2 is 2.44 bits per heavy atom. The molecule has 0 aliphatic heterocycles. The number of hydrogen-bond donors (Lipinski definition) is 2. The highest BCUT2D eigenvalue weighted by Crippen LogP contribution is 2.03. The minimum Gasteiger partial charge on any atom is -0.302 e. The van der Waals surface area contributed by atoms with E-state index in [1.807, 2.05) is 6.92 Å². The molecule has 0 fully saturated rings. The molecule has 0 saturated carbocycles. The van der Waals surface area contributed by atoms with Gasteiger partial charge in [-0.25, -0.2) is 4.98 Å². The molecule has 7 heteroatoms. The molecule has 2 N–H and O–H groups in total. The first-order valence-electron chi connectivity index (χ1n) is 4.91. The van der Waals surface area contributed by atoms with E-state index >= 15 is 0 Å². The molecule has 1 amide bonds. The molecule has 0 radical (unpaired) electrons. The van der Waals surface area contributed by atoms with Crippen LogP contribution in [-0.4, -0.2) is 30.9 Å². The number of aromatic amines is 1.